The zero-order chi connectivity index (χ0) is 14.5. The largest absolute Gasteiger partial charge is 0.491 e. The summed E-state index contributed by atoms with van der Waals surface area (Å²) in [7, 11) is 0. The molecular formula is C16H26O3. The molecule has 2 atom stereocenters. The summed E-state index contributed by atoms with van der Waals surface area (Å²) in [6.45, 7) is 10.5. The van der Waals surface area contributed by atoms with Crippen LogP contribution in [0.5, 0.6) is 5.75 Å². The maximum absolute atomic E-state index is 10.5. The van der Waals surface area contributed by atoms with E-state index >= 15 is 0 Å². The van der Waals surface area contributed by atoms with E-state index in [0.29, 0.717) is 6.61 Å². The minimum atomic E-state index is -0.634. The summed E-state index contributed by atoms with van der Waals surface area (Å²) in [6.07, 6.45) is 0.275. The quantitative estimate of drug-likeness (QED) is 0.817. The molecule has 1 aromatic carbocycles. The fourth-order valence-corrected chi connectivity index (χ4v) is 2.06. The second-order valence-electron chi connectivity index (χ2n) is 5.24. The summed E-state index contributed by atoms with van der Waals surface area (Å²) in [5.41, 5.74) is 0.309. The van der Waals surface area contributed by atoms with Crippen LogP contribution in [0.3, 0.4) is 0 Å². The molecule has 0 spiro atoms. The maximum atomic E-state index is 10.5. The molecule has 0 aliphatic carbocycles. The SMILES string of the molecule is CCOC(C)(CC)C(O)c1ccc(OC(C)C)cc1. The highest BCUT2D eigenvalue weighted by Gasteiger charge is 2.32. The number of rotatable bonds is 7. The van der Waals surface area contributed by atoms with E-state index in [4.69, 9.17) is 9.47 Å². The minimum absolute atomic E-state index is 0.153. The van der Waals surface area contributed by atoms with Gasteiger partial charge in [-0.2, -0.15) is 0 Å². The van der Waals surface area contributed by atoms with E-state index in [1.807, 2.05) is 58.9 Å². The van der Waals surface area contributed by atoms with Crippen LogP contribution in [0.4, 0.5) is 0 Å². The van der Waals surface area contributed by atoms with Gasteiger partial charge in [-0.3, -0.25) is 0 Å². The Morgan fingerprint density at radius 1 is 1.16 bits per heavy atom. The Morgan fingerprint density at radius 3 is 2.16 bits per heavy atom. The fraction of sp³-hybridized carbons (Fsp3) is 0.625. The van der Waals surface area contributed by atoms with Gasteiger partial charge in [-0.15, -0.1) is 0 Å². The Balaban J connectivity index is 2.84. The summed E-state index contributed by atoms with van der Waals surface area (Å²) in [5.74, 6) is 0.820. The van der Waals surface area contributed by atoms with Gasteiger partial charge in [0.05, 0.1) is 11.7 Å². The highest BCUT2D eigenvalue weighted by Crippen LogP contribution is 2.32. The van der Waals surface area contributed by atoms with E-state index in [1.165, 1.54) is 0 Å². The first-order valence-corrected chi connectivity index (χ1v) is 7.01. The molecule has 1 rings (SSSR count). The van der Waals surface area contributed by atoms with E-state index in [9.17, 15) is 5.11 Å². The highest BCUT2D eigenvalue weighted by atomic mass is 16.5. The summed E-state index contributed by atoms with van der Waals surface area (Å²) in [5, 5.41) is 10.5. The second kappa shape index (κ2) is 6.92. The number of benzene rings is 1. The van der Waals surface area contributed by atoms with E-state index in [2.05, 4.69) is 0 Å². The molecule has 0 aliphatic rings. The van der Waals surface area contributed by atoms with Gasteiger partial charge in [0.2, 0.25) is 0 Å². The van der Waals surface area contributed by atoms with Crippen LogP contribution in [-0.4, -0.2) is 23.4 Å². The van der Waals surface area contributed by atoms with Crippen molar-refractivity contribution in [2.24, 2.45) is 0 Å². The van der Waals surface area contributed by atoms with E-state index < -0.39 is 11.7 Å². The van der Waals surface area contributed by atoms with Crippen molar-refractivity contribution in [2.75, 3.05) is 6.61 Å². The number of hydrogen-bond donors (Lipinski definition) is 1. The summed E-state index contributed by atoms with van der Waals surface area (Å²) < 4.78 is 11.3. The smallest absolute Gasteiger partial charge is 0.119 e. The van der Waals surface area contributed by atoms with Gasteiger partial charge < -0.3 is 14.6 Å². The molecule has 0 aromatic heterocycles. The van der Waals surface area contributed by atoms with Crippen LogP contribution < -0.4 is 4.74 Å². The second-order valence-corrected chi connectivity index (χ2v) is 5.24. The number of aliphatic hydroxyl groups is 1. The molecule has 0 aliphatic heterocycles. The predicted octanol–water partition coefficient (Wildman–Crippen LogP) is 3.71. The van der Waals surface area contributed by atoms with Crippen molar-refractivity contribution in [2.45, 2.75) is 58.8 Å². The van der Waals surface area contributed by atoms with Gasteiger partial charge in [0.1, 0.15) is 11.9 Å². The third-order valence-electron chi connectivity index (χ3n) is 3.32. The molecule has 3 nitrogen and oxygen atoms in total. The van der Waals surface area contributed by atoms with E-state index in [-0.39, 0.29) is 6.10 Å². The molecule has 0 radical (unpaired) electrons. The van der Waals surface area contributed by atoms with Crippen molar-refractivity contribution in [3.63, 3.8) is 0 Å². The Labute approximate surface area is 116 Å². The van der Waals surface area contributed by atoms with Crippen LogP contribution in [0.1, 0.15) is 52.7 Å². The molecule has 0 fully saturated rings. The van der Waals surface area contributed by atoms with E-state index in [0.717, 1.165) is 17.7 Å². The van der Waals surface area contributed by atoms with Gasteiger partial charge >= 0.3 is 0 Å². The first kappa shape index (κ1) is 16.0. The first-order valence-electron chi connectivity index (χ1n) is 7.01. The number of ether oxygens (including phenoxy) is 2. The minimum Gasteiger partial charge on any atom is -0.491 e. The molecule has 0 heterocycles. The molecule has 0 amide bonds. The lowest BCUT2D eigenvalue weighted by Crippen LogP contribution is -2.35. The van der Waals surface area contributed by atoms with Crippen molar-refractivity contribution >= 4 is 0 Å². The van der Waals surface area contributed by atoms with Crippen LogP contribution in [0, 0.1) is 0 Å². The third kappa shape index (κ3) is 4.22. The predicted molar refractivity (Wildman–Crippen MR) is 77.5 cm³/mol. The van der Waals surface area contributed by atoms with Crippen molar-refractivity contribution in [1.29, 1.82) is 0 Å². The lowest BCUT2D eigenvalue weighted by atomic mass is 9.90. The third-order valence-corrected chi connectivity index (χ3v) is 3.32. The van der Waals surface area contributed by atoms with E-state index in [1.54, 1.807) is 0 Å². The van der Waals surface area contributed by atoms with Crippen LogP contribution in [0.15, 0.2) is 24.3 Å². The molecule has 0 saturated heterocycles. The standard InChI is InChI=1S/C16H26O3/c1-6-16(5,18-7-2)15(17)13-8-10-14(11-9-13)19-12(3)4/h8-12,15,17H,6-7H2,1-5H3. The maximum Gasteiger partial charge on any atom is 0.119 e. The molecule has 0 bridgehead atoms. The average Bonchev–Trinajstić information content (AvgIpc) is 2.38. The van der Waals surface area contributed by atoms with Crippen molar-refractivity contribution in [3.05, 3.63) is 29.8 Å². The molecule has 108 valence electrons. The van der Waals surface area contributed by atoms with Crippen LogP contribution in [0.25, 0.3) is 0 Å². The molecule has 2 unspecified atom stereocenters. The molecule has 19 heavy (non-hydrogen) atoms. The summed E-state index contributed by atoms with van der Waals surface area (Å²) in [4.78, 5) is 0. The molecule has 1 N–H and O–H groups in total. The monoisotopic (exact) mass is 266 g/mol. The van der Waals surface area contributed by atoms with Gasteiger partial charge in [0.15, 0.2) is 0 Å². The van der Waals surface area contributed by atoms with Crippen LogP contribution in [-0.2, 0) is 4.74 Å². The normalized spacial score (nSPS) is 16.2. The summed E-state index contributed by atoms with van der Waals surface area (Å²) >= 11 is 0. The molecule has 0 saturated carbocycles. The zero-order valence-electron chi connectivity index (χ0n) is 12.6. The van der Waals surface area contributed by atoms with Gasteiger partial charge in [-0.1, -0.05) is 19.1 Å². The van der Waals surface area contributed by atoms with Crippen molar-refractivity contribution < 1.29 is 14.6 Å². The Hall–Kier alpha value is -1.06. The average molecular weight is 266 g/mol. The van der Waals surface area contributed by atoms with Crippen LogP contribution in [0.2, 0.25) is 0 Å². The van der Waals surface area contributed by atoms with Gasteiger partial charge in [0.25, 0.3) is 0 Å². The highest BCUT2D eigenvalue weighted by molar-refractivity contribution is 5.29. The molecular weight excluding hydrogens is 240 g/mol. The van der Waals surface area contributed by atoms with Crippen LogP contribution >= 0.6 is 0 Å². The molecule has 1 aromatic rings. The van der Waals surface area contributed by atoms with Crippen molar-refractivity contribution in [3.8, 4) is 5.75 Å². The summed E-state index contributed by atoms with van der Waals surface area (Å²) in [6, 6.07) is 7.58. The topological polar surface area (TPSA) is 38.7 Å². The Kier molecular flexibility index (Phi) is 5.83. The van der Waals surface area contributed by atoms with Gasteiger partial charge in [-0.25, -0.2) is 0 Å². The fourth-order valence-electron chi connectivity index (χ4n) is 2.06. The zero-order valence-corrected chi connectivity index (χ0v) is 12.6. The van der Waals surface area contributed by atoms with Gasteiger partial charge in [0, 0.05) is 6.61 Å². The number of hydrogen-bond acceptors (Lipinski definition) is 3. The first-order chi connectivity index (χ1) is 8.92. The van der Waals surface area contributed by atoms with Crippen molar-refractivity contribution in [1.82, 2.24) is 0 Å². The molecule has 3 heteroatoms. The lowest BCUT2D eigenvalue weighted by Gasteiger charge is -2.33. The Morgan fingerprint density at radius 2 is 1.74 bits per heavy atom. The number of aliphatic hydroxyl groups excluding tert-OH is 1. The van der Waals surface area contributed by atoms with Gasteiger partial charge in [-0.05, 0) is 51.8 Å². The lowest BCUT2D eigenvalue weighted by molar-refractivity contribution is -0.113. The Bertz CT molecular complexity index is 372.